The quantitative estimate of drug-likeness (QED) is 0.314. The molecular formula is C16H15NO6S2. The molecule has 0 atom stereocenters. The first-order valence-electron chi connectivity index (χ1n) is 7.08. The van der Waals surface area contributed by atoms with Gasteiger partial charge < -0.3 is 4.74 Å². The number of hydrogen-bond acceptors (Lipinski definition) is 7. The van der Waals surface area contributed by atoms with Crippen LogP contribution in [0.15, 0.2) is 58.3 Å². The fourth-order valence-electron chi connectivity index (χ4n) is 1.91. The van der Waals surface area contributed by atoms with Gasteiger partial charge in [-0.15, -0.1) is 11.8 Å². The summed E-state index contributed by atoms with van der Waals surface area (Å²) in [5.74, 6) is -0.637. The van der Waals surface area contributed by atoms with E-state index in [4.69, 9.17) is 4.74 Å². The number of sulfone groups is 1. The van der Waals surface area contributed by atoms with Crippen LogP contribution in [0.2, 0.25) is 0 Å². The summed E-state index contributed by atoms with van der Waals surface area (Å²) >= 11 is 0.927. The SMILES string of the molecule is CS(=O)(=O)c1ccc(SCC(=O)OCc2ccccc2)c([N+](=O)[O-])c1. The van der Waals surface area contributed by atoms with Crippen molar-refractivity contribution in [2.75, 3.05) is 12.0 Å². The maximum Gasteiger partial charge on any atom is 0.316 e. The van der Waals surface area contributed by atoms with Crippen molar-refractivity contribution < 1.29 is 22.9 Å². The second-order valence-electron chi connectivity index (χ2n) is 5.09. The Hall–Kier alpha value is -2.39. The minimum atomic E-state index is -3.55. The first kappa shape index (κ1) is 18.9. The van der Waals surface area contributed by atoms with Gasteiger partial charge in [-0.3, -0.25) is 14.9 Å². The van der Waals surface area contributed by atoms with Gasteiger partial charge in [-0.25, -0.2) is 8.42 Å². The summed E-state index contributed by atoms with van der Waals surface area (Å²) in [5, 5.41) is 11.1. The molecule has 0 radical (unpaired) electrons. The molecule has 0 spiro atoms. The molecule has 0 aliphatic heterocycles. The molecular weight excluding hydrogens is 366 g/mol. The Bertz CT molecular complexity index is 881. The number of carbonyl (C=O) groups excluding carboxylic acids is 1. The van der Waals surface area contributed by atoms with Gasteiger partial charge in [0.15, 0.2) is 9.84 Å². The van der Waals surface area contributed by atoms with Gasteiger partial charge >= 0.3 is 5.97 Å². The molecule has 7 nitrogen and oxygen atoms in total. The van der Waals surface area contributed by atoms with Crippen LogP contribution in [0.25, 0.3) is 0 Å². The van der Waals surface area contributed by atoms with Gasteiger partial charge in [0.2, 0.25) is 0 Å². The van der Waals surface area contributed by atoms with Crippen molar-refractivity contribution in [1.82, 2.24) is 0 Å². The van der Waals surface area contributed by atoms with E-state index in [-0.39, 0.29) is 27.8 Å². The number of esters is 1. The molecule has 0 amide bonds. The van der Waals surface area contributed by atoms with E-state index in [0.717, 1.165) is 29.6 Å². The molecule has 0 saturated carbocycles. The Morgan fingerprint density at radius 2 is 1.88 bits per heavy atom. The lowest BCUT2D eigenvalue weighted by molar-refractivity contribution is -0.388. The molecule has 2 aromatic rings. The van der Waals surface area contributed by atoms with Crippen LogP contribution < -0.4 is 0 Å². The third-order valence-corrected chi connectivity index (χ3v) is 5.29. The summed E-state index contributed by atoms with van der Waals surface area (Å²) in [6.45, 7) is 0.120. The molecule has 0 bridgehead atoms. The predicted molar refractivity (Wildman–Crippen MR) is 93.2 cm³/mol. The van der Waals surface area contributed by atoms with Crippen LogP contribution in [0.4, 0.5) is 5.69 Å². The van der Waals surface area contributed by atoms with Gasteiger partial charge in [-0.1, -0.05) is 30.3 Å². The molecule has 25 heavy (non-hydrogen) atoms. The predicted octanol–water partition coefficient (Wildman–Crippen LogP) is 2.83. The van der Waals surface area contributed by atoms with E-state index >= 15 is 0 Å². The molecule has 0 saturated heterocycles. The zero-order chi connectivity index (χ0) is 18.4. The zero-order valence-corrected chi connectivity index (χ0v) is 14.9. The van der Waals surface area contributed by atoms with Crippen molar-refractivity contribution in [2.24, 2.45) is 0 Å². The highest BCUT2D eigenvalue weighted by Crippen LogP contribution is 2.31. The van der Waals surface area contributed by atoms with E-state index in [9.17, 15) is 23.3 Å². The van der Waals surface area contributed by atoms with Crippen LogP contribution in [0, 0.1) is 10.1 Å². The normalized spacial score (nSPS) is 11.1. The van der Waals surface area contributed by atoms with Crippen LogP contribution in [-0.4, -0.2) is 31.3 Å². The van der Waals surface area contributed by atoms with Gasteiger partial charge in [-0.05, 0) is 17.7 Å². The monoisotopic (exact) mass is 381 g/mol. The average molecular weight is 381 g/mol. The lowest BCUT2D eigenvalue weighted by Crippen LogP contribution is -2.07. The molecule has 0 aliphatic rings. The molecule has 2 aromatic carbocycles. The fraction of sp³-hybridized carbons (Fsp3) is 0.188. The van der Waals surface area contributed by atoms with Crippen LogP contribution >= 0.6 is 11.8 Å². The second kappa shape index (κ2) is 8.13. The van der Waals surface area contributed by atoms with Crippen molar-refractivity contribution in [3.63, 3.8) is 0 Å². The number of nitrogens with zero attached hydrogens (tertiary/aromatic N) is 1. The number of nitro benzene ring substituents is 1. The third kappa shape index (κ3) is 5.57. The Kier molecular flexibility index (Phi) is 6.16. The summed E-state index contributed by atoms with van der Waals surface area (Å²) in [6, 6.07) is 12.7. The molecule has 0 heterocycles. The Labute approximate surface area is 149 Å². The molecule has 0 aromatic heterocycles. The van der Waals surface area contributed by atoms with Crippen molar-refractivity contribution in [3.8, 4) is 0 Å². The summed E-state index contributed by atoms with van der Waals surface area (Å²) in [6.07, 6.45) is 0.972. The smallest absolute Gasteiger partial charge is 0.316 e. The Balaban J connectivity index is 2.02. The molecule has 0 N–H and O–H groups in total. The standard InChI is InChI=1S/C16H15NO6S2/c1-25(21,22)13-7-8-15(14(9-13)17(19)20)24-11-16(18)23-10-12-5-3-2-4-6-12/h2-9H,10-11H2,1H3. The fourth-order valence-corrected chi connectivity index (χ4v) is 3.35. The van der Waals surface area contributed by atoms with Crippen molar-refractivity contribution in [3.05, 3.63) is 64.2 Å². The minimum Gasteiger partial charge on any atom is -0.460 e. The van der Waals surface area contributed by atoms with Gasteiger partial charge in [0.05, 0.1) is 20.5 Å². The van der Waals surface area contributed by atoms with E-state index in [1.807, 2.05) is 30.3 Å². The van der Waals surface area contributed by atoms with Gasteiger partial charge in [0.1, 0.15) is 6.61 Å². The van der Waals surface area contributed by atoms with Gasteiger partial charge in [-0.2, -0.15) is 0 Å². The topological polar surface area (TPSA) is 104 Å². The van der Waals surface area contributed by atoms with E-state index in [0.29, 0.717) is 0 Å². The van der Waals surface area contributed by atoms with Crippen LogP contribution in [0.5, 0.6) is 0 Å². The first-order chi connectivity index (χ1) is 11.8. The maximum absolute atomic E-state index is 11.8. The van der Waals surface area contributed by atoms with E-state index < -0.39 is 20.7 Å². The highest BCUT2D eigenvalue weighted by atomic mass is 32.2. The van der Waals surface area contributed by atoms with Crippen molar-refractivity contribution in [1.29, 1.82) is 0 Å². The van der Waals surface area contributed by atoms with Crippen molar-refractivity contribution >= 4 is 33.3 Å². The van der Waals surface area contributed by atoms with Crippen LogP contribution in [-0.2, 0) is 26.0 Å². The molecule has 0 aliphatic carbocycles. The average Bonchev–Trinajstić information content (AvgIpc) is 2.58. The molecule has 0 unspecified atom stereocenters. The number of ether oxygens (including phenoxy) is 1. The lowest BCUT2D eigenvalue weighted by Gasteiger charge is -2.06. The van der Waals surface area contributed by atoms with Gasteiger partial charge in [0.25, 0.3) is 5.69 Å². The summed E-state index contributed by atoms with van der Waals surface area (Å²) < 4.78 is 28.1. The highest BCUT2D eigenvalue weighted by Gasteiger charge is 2.20. The molecule has 9 heteroatoms. The number of thioether (sulfide) groups is 1. The maximum atomic E-state index is 11.8. The number of benzene rings is 2. The molecule has 2 rings (SSSR count). The van der Waals surface area contributed by atoms with E-state index in [2.05, 4.69) is 0 Å². The van der Waals surface area contributed by atoms with E-state index in [1.165, 1.54) is 12.1 Å². The zero-order valence-electron chi connectivity index (χ0n) is 13.2. The Morgan fingerprint density at radius 1 is 1.20 bits per heavy atom. The first-order valence-corrected chi connectivity index (χ1v) is 9.96. The minimum absolute atomic E-state index is 0.119. The molecule has 0 fully saturated rings. The summed E-state index contributed by atoms with van der Waals surface area (Å²) in [4.78, 5) is 22.3. The molecule has 132 valence electrons. The highest BCUT2D eigenvalue weighted by molar-refractivity contribution is 8.00. The largest absolute Gasteiger partial charge is 0.460 e. The Morgan fingerprint density at radius 3 is 2.48 bits per heavy atom. The van der Waals surface area contributed by atoms with E-state index in [1.54, 1.807) is 0 Å². The number of carbonyl (C=O) groups is 1. The third-order valence-electron chi connectivity index (χ3n) is 3.14. The van der Waals surface area contributed by atoms with Gasteiger partial charge in [0, 0.05) is 12.3 Å². The van der Waals surface area contributed by atoms with Crippen molar-refractivity contribution in [2.45, 2.75) is 16.4 Å². The van der Waals surface area contributed by atoms with Crippen LogP contribution in [0.1, 0.15) is 5.56 Å². The number of hydrogen-bond donors (Lipinski definition) is 0. The summed E-state index contributed by atoms with van der Waals surface area (Å²) in [7, 11) is -3.55. The van der Waals surface area contributed by atoms with Crippen LogP contribution in [0.3, 0.4) is 0 Å². The lowest BCUT2D eigenvalue weighted by atomic mass is 10.2. The number of nitro groups is 1. The second-order valence-corrected chi connectivity index (χ2v) is 8.13. The number of rotatable bonds is 7. The summed E-state index contributed by atoms with van der Waals surface area (Å²) in [5.41, 5.74) is 0.480.